The predicted molar refractivity (Wildman–Crippen MR) is 96.3 cm³/mol. The van der Waals surface area contributed by atoms with Crippen molar-refractivity contribution in [2.75, 3.05) is 5.75 Å². The van der Waals surface area contributed by atoms with Gasteiger partial charge < -0.3 is 5.11 Å². The summed E-state index contributed by atoms with van der Waals surface area (Å²) in [5.74, 6) is 1.73. The van der Waals surface area contributed by atoms with Gasteiger partial charge in [-0.15, -0.1) is 0 Å². The second-order valence-corrected chi connectivity index (χ2v) is 10.0. The molecule has 0 unspecified atom stereocenters. The number of ketones is 1. The number of aliphatic hydroxyl groups is 1. The third-order valence-electron chi connectivity index (χ3n) is 7.62. The molecule has 1 saturated heterocycles. The first kappa shape index (κ1) is 18.2. The summed E-state index contributed by atoms with van der Waals surface area (Å²) < 4.78 is 1.95. The second-order valence-electron chi connectivity index (χ2n) is 9.08. The summed E-state index contributed by atoms with van der Waals surface area (Å²) in [4.78, 5) is 24.9. The highest BCUT2D eigenvalue weighted by atomic mass is 32.2. The number of hydrogen-bond donors (Lipinski definition) is 1. The molecule has 1 amide bonds. The van der Waals surface area contributed by atoms with E-state index in [9.17, 15) is 14.7 Å². The molecular weight excluding hydrogens is 322 g/mol. The molecule has 1 heterocycles. The van der Waals surface area contributed by atoms with E-state index in [1.54, 1.807) is 32.7 Å². The van der Waals surface area contributed by atoms with Crippen LogP contribution in [0.3, 0.4) is 0 Å². The van der Waals surface area contributed by atoms with E-state index in [-0.39, 0.29) is 23.5 Å². The minimum absolute atomic E-state index is 0.00490. The lowest BCUT2D eigenvalue weighted by molar-refractivity contribution is -0.138. The predicted octanol–water partition coefficient (Wildman–Crippen LogP) is 3.43. The van der Waals surface area contributed by atoms with Crippen LogP contribution < -0.4 is 0 Å². The summed E-state index contributed by atoms with van der Waals surface area (Å²) in [7, 11) is 0. The van der Waals surface area contributed by atoms with Crippen LogP contribution in [0.4, 0.5) is 0 Å². The molecule has 0 aromatic carbocycles. The molecular formula is C19H31NO3S. The average Bonchev–Trinajstić information content (AvgIpc) is 3.10. The summed E-state index contributed by atoms with van der Waals surface area (Å²) >= 11 is 1.65. The summed E-state index contributed by atoms with van der Waals surface area (Å²) in [6.07, 6.45) is 3.11. The molecule has 3 rings (SSSR count). The van der Waals surface area contributed by atoms with E-state index >= 15 is 0 Å². The van der Waals surface area contributed by atoms with Crippen molar-refractivity contribution in [1.82, 2.24) is 4.31 Å². The van der Waals surface area contributed by atoms with Gasteiger partial charge in [-0.2, -0.15) is 0 Å². The summed E-state index contributed by atoms with van der Waals surface area (Å²) in [6, 6.07) is 0.306. The Morgan fingerprint density at radius 3 is 2.62 bits per heavy atom. The van der Waals surface area contributed by atoms with Crippen LogP contribution >= 0.6 is 11.9 Å². The van der Waals surface area contributed by atoms with Crippen molar-refractivity contribution in [2.24, 2.45) is 22.2 Å². The number of nitrogens with zero attached hydrogens (tertiary/aromatic N) is 1. The lowest BCUT2D eigenvalue weighted by atomic mass is 9.69. The zero-order valence-corrected chi connectivity index (χ0v) is 16.4. The quantitative estimate of drug-likeness (QED) is 0.769. The third kappa shape index (κ3) is 2.30. The number of carbonyl (C=O) groups excluding carboxylic acids is 2. The largest absolute Gasteiger partial charge is 0.392 e. The number of fused-ring (bicyclic) bond motifs is 1. The first-order chi connectivity index (χ1) is 11.1. The van der Waals surface area contributed by atoms with E-state index in [4.69, 9.17) is 0 Å². The Morgan fingerprint density at radius 2 is 2.04 bits per heavy atom. The first-order valence-corrected chi connectivity index (χ1v) is 10.2. The third-order valence-corrected chi connectivity index (χ3v) is 9.00. The second kappa shape index (κ2) is 5.73. The number of carbonyl (C=O) groups is 2. The van der Waals surface area contributed by atoms with Crippen molar-refractivity contribution < 1.29 is 14.7 Å². The van der Waals surface area contributed by atoms with Crippen LogP contribution in [0.15, 0.2) is 0 Å². The van der Waals surface area contributed by atoms with Crippen LogP contribution in [-0.4, -0.2) is 39.0 Å². The Labute approximate surface area is 149 Å². The van der Waals surface area contributed by atoms with Gasteiger partial charge in [-0.25, -0.2) is 0 Å². The van der Waals surface area contributed by atoms with Crippen molar-refractivity contribution in [3.8, 4) is 0 Å². The Balaban J connectivity index is 1.71. The molecule has 5 heteroatoms. The maximum Gasteiger partial charge on any atom is 0.235 e. The van der Waals surface area contributed by atoms with Gasteiger partial charge in [0.15, 0.2) is 0 Å². The van der Waals surface area contributed by atoms with Gasteiger partial charge in [-0.05, 0) is 42.5 Å². The summed E-state index contributed by atoms with van der Waals surface area (Å²) in [6.45, 7) is 10.0. The van der Waals surface area contributed by atoms with Gasteiger partial charge in [0, 0.05) is 23.0 Å². The number of hydrogen-bond acceptors (Lipinski definition) is 4. The van der Waals surface area contributed by atoms with Crippen molar-refractivity contribution in [3.63, 3.8) is 0 Å². The Hall–Kier alpha value is -0.550. The van der Waals surface area contributed by atoms with Crippen molar-refractivity contribution in [3.05, 3.63) is 0 Å². The summed E-state index contributed by atoms with van der Waals surface area (Å²) in [5, 5.41) is 10.5. The smallest absolute Gasteiger partial charge is 0.235 e. The van der Waals surface area contributed by atoms with Gasteiger partial charge in [-0.1, -0.05) is 34.6 Å². The molecule has 3 fully saturated rings. The van der Waals surface area contributed by atoms with E-state index in [2.05, 4.69) is 13.8 Å². The maximum atomic E-state index is 12.9. The molecule has 2 saturated carbocycles. The van der Waals surface area contributed by atoms with Crippen molar-refractivity contribution in [2.45, 2.75) is 78.9 Å². The fourth-order valence-corrected chi connectivity index (χ4v) is 7.14. The minimum atomic E-state index is -0.916. The molecule has 3 aliphatic rings. The number of aliphatic hydroxyl groups excluding tert-OH is 1. The van der Waals surface area contributed by atoms with E-state index in [0.717, 1.165) is 12.2 Å². The van der Waals surface area contributed by atoms with Gasteiger partial charge >= 0.3 is 0 Å². The van der Waals surface area contributed by atoms with Crippen molar-refractivity contribution in [1.29, 1.82) is 0 Å². The van der Waals surface area contributed by atoms with Gasteiger partial charge in [0.2, 0.25) is 5.91 Å². The van der Waals surface area contributed by atoms with Gasteiger partial charge in [0.1, 0.15) is 5.78 Å². The number of Topliss-reactive ketones (excluding diaryl/α,β-unsaturated/α-hetero) is 1. The lowest BCUT2D eigenvalue weighted by Gasteiger charge is -2.38. The minimum Gasteiger partial charge on any atom is -0.392 e. The van der Waals surface area contributed by atoms with Gasteiger partial charge in [-0.3, -0.25) is 13.9 Å². The molecule has 1 N–H and O–H groups in total. The Kier molecular flexibility index (Phi) is 4.36. The molecule has 2 aliphatic carbocycles. The van der Waals surface area contributed by atoms with E-state index in [1.807, 2.05) is 4.31 Å². The Morgan fingerprint density at radius 1 is 1.38 bits per heavy atom. The molecule has 0 radical (unpaired) electrons. The molecule has 136 valence electrons. The molecule has 24 heavy (non-hydrogen) atoms. The van der Waals surface area contributed by atoms with Crippen LogP contribution in [0.1, 0.15) is 66.7 Å². The standard InChI is InChI=1S/C19H31NO3S/c1-6-14(21)17(2,3)15(22)10-16(23)20-13-9-12-7-8-19(13,11-24-20)18(12,4)5/h12-13,15,22H,6-11H2,1-5H3/t12-,13-,15-,19-/m0/s1. The molecule has 4 atom stereocenters. The fourth-order valence-electron chi connectivity index (χ4n) is 5.37. The lowest BCUT2D eigenvalue weighted by Crippen LogP contribution is -2.45. The number of rotatable bonds is 5. The first-order valence-electron chi connectivity index (χ1n) is 9.24. The molecule has 0 aromatic heterocycles. The normalized spacial score (nSPS) is 35.2. The highest BCUT2D eigenvalue weighted by Crippen LogP contribution is 2.71. The summed E-state index contributed by atoms with van der Waals surface area (Å²) in [5.41, 5.74) is -0.312. The molecule has 1 spiro atoms. The van der Waals surface area contributed by atoms with E-state index in [0.29, 0.717) is 23.8 Å². The number of amides is 1. The van der Waals surface area contributed by atoms with Crippen LogP contribution in [0, 0.1) is 22.2 Å². The topological polar surface area (TPSA) is 57.6 Å². The van der Waals surface area contributed by atoms with Crippen LogP contribution in [0.25, 0.3) is 0 Å². The molecule has 1 aliphatic heterocycles. The van der Waals surface area contributed by atoms with Gasteiger partial charge in [0.25, 0.3) is 0 Å². The average molecular weight is 354 g/mol. The molecule has 0 aromatic rings. The monoisotopic (exact) mass is 353 g/mol. The zero-order valence-electron chi connectivity index (χ0n) is 15.6. The van der Waals surface area contributed by atoms with E-state index in [1.165, 1.54) is 12.8 Å². The fraction of sp³-hybridized carbons (Fsp3) is 0.895. The zero-order chi connectivity index (χ0) is 17.9. The van der Waals surface area contributed by atoms with E-state index < -0.39 is 11.5 Å². The van der Waals surface area contributed by atoms with Crippen molar-refractivity contribution >= 4 is 23.6 Å². The molecule has 4 nitrogen and oxygen atoms in total. The SMILES string of the molecule is CCC(=O)C(C)(C)[C@@H](O)CC(=O)N1SC[C@@]23CC[C@@H](C[C@H]12)C3(C)C. The van der Waals surface area contributed by atoms with Crippen LogP contribution in [-0.2, 0) is 9.59 Å². The molecule has 2 bridgehead atoms. The maximum absolute atomic E-state index is 12.9. The Bertz CT molecular complexity index is 559. The van der Waals surface area contributed by atoms with Gasteiger partial charge in [0.05, 0.1) is 18.6 Å². The van der Waals surface area contributed by atoms with Crippen LogP contribution in [0.2, 0.25) is 0 Å². The highest BCUT2D eigenvalue weighted by Gasteiger charge is 2.68. The van der Waals surface area contributed by atoms with Crippen LogP contribution in [0.5, 0.6) is 0 Å². The highest BCUT2D eigenvalue weighted by molar-refractivity contribution is 7.97.